The number of imidazole rings is 1. The Morgan fingerprint density at radius 3 is 3.22 bits per heavy atom. The van der Waals surface area contributed by atoms with Crippen molar-refractivity contribution in [3.05, 3.63) is 28.8 Å². The van der Waals surface area contributed by atoms with Crippen LogP contribution in [0.25, 0.3) is 5.52 Å². The van der Waals surface area contributed by atoms with Crippen LogP contribution in [0.5, 0.6) is 5.75 Å². The van der Waals surface area contributed by atoms with Crippen molar-refractivity contribution in [3.63, 3.8) is 0 Å². The summed E-state index contributed by atoms with van der Waals surface area (Å²) in [6, 6.07) is 4.53. The Bertz CT molecular complexity index is 561. The van der Waals surface area contributed by atoms with E-state index in [9.17, 15) is 0 Å². The van der Waals surface area contributed by atoms with Crippen molar-refractivity contribution in [1.82, 2.24) is 14.7 Å². The number of halogens is 1. The van der Waals surface area contributed by atoms with Gasteiger partial charge in [0.25, 0.3) is 0 Å². The minimum Gasteiger partial charge on any atom is -0.497 e. The minimum absolute atomic E-state index is 0.560. The van der Waals surface area contributed by atoms with Gasteiger partial charge in [-0.25, -0.2) is 4.98 Å². The van der Waals surface area contributed by atoms with Crippen LogP contribution < -0.4 is 10.1 Å². The van der Waals surface area contributed by atoms with E-state index in [4.69, 9.17) is 4.74 Å². The predicted octanol–water partition coefficient (Wildman–Crippen LogP) is 2.40. The van der Waals surface area contributed by atoms with Gasteiger partial charge < -0.3 is 14.5 Å². The quantitative estimate of drug-likeness (QED) is 0.946. The van der Waals surface area contributed by atoms with Crippen LogP contribution in [0, 0.1) is 0 Å². The monoisotopic (exact) mass is 309 g/mol. The number of methoxy groups -OCH3 is 1. The van der Waals surface area contributed by atoms with Gasteiger partial charge >= 0.3 is 0 Å². The molecular weight excluding hydrogens is 294 g/mol. The molecule has 1 unspecified atom stereocenters. The average molecular weight is 310 g/mol. The van der Waals surface area contributed by atoms with Gasteiger partial charge in [-0.15, -0.1) is 0 Å². The third-order valence-electron chi connectivity index (χ3n) is 3.47. The summed E-state index contributed by atoms with van der Waals surface area (Å²) >= 11 is 3.52. The predicted molar refractivity (Wildman–Crippen MR) is 74.2 cm³/mol. The van der Waals surface area contributed by atoms with Crippen LogP contribution in [0.3, 0.4) is 0 Å². The molecule has 1 aliphatic heterocycles. The van der Waals surface area contributed by atoms with Crippen LogP contribution in [0.1, 0.15) is 18.7 Å². The van der Waals surface area contributed by atoms with Gasteiger partial charge in [-0.3, -0.25) is 0 Å². The van der Waals surface area contributed by atoms with Crippen molar-refractivity contribution >= 4 is 21.4 Å². The summed E-state index contributed by atoms with van der Waals surface area (Å²) in [5.41, 5.74) is 1.06. The van der Waals surface area contributed by atoms with E-state index in [1.807, 2.05) is 18.3 Å². The van der Waals surface area contributed by atoms with E-state index >= 15 is 0 Å². The van der Waals surface area contributed by atoms with Crippen LogP contribution >= 0.6 is 15.9 Å². The first-order valence-electron chi connectivity index (χ1n) is 6.22. The zero-order valence-electron chi connectivity index (χ0n) is 10.3. The summed E-state index contributed by atoms with van der Waals surface area (Å²) < 4.78 is 8.26. The number of ether oxygens (including phenoxy) is 1. The molecule has 0 bridgehead atoms. The van der Waals surface area contributed by atoms with E-state index in [0.717, 1.165) is 34.7 Å². The van der Waals surface area contributed by atoms with Gasteiger partial charge in [-0.2, -0.15) is 0 Å². The molecule has 96 valence electrons. The molecule has 3 rings (SSSR count). The average Bonchev–Trinajstić information content (AvgIpc) is 2.99. The summed E-state index contributed by atoms with van der Waals surface area (Å²) in [6.45, 7) is 1.13. The van der Waals surface area contributed by atoms with Crippen molar-refractivity contribution in [3.8, 4) is 5.75 Å². The van der Waals surface area contributed by atoms with Crippen molar-refractivity contribution in [2.45, 2.75) is 25.3 Å². The smallest absolute Gasteiger partial charge is 0.132 e. The first kappa shape index (κ1) is 12.0. The first-order valence-corrected chi connectivity index (χ1v) is 7.01. The second-order valence-corrected chi connectivity index (χ2v) is 5.39. The van der Waals surface area contributed by atoms with Gasteiger partial charge in [-0.05, 0) is 41.4 Å². The van der Waals surface area contributed by atoms with E-state index < -0.39 is 0 Å². The van der Waals surface area contributed by atoms with Crippen LogP contribution in [0.2, 0.25) is 0 Å². The van der Waals surface area contributed by atoms with Gasteiger partial charge in [-0.1, -0.05) is 0 Å². The fourth-order valence-electron chi connectivity index (χ4n) is 2.51. The normalized spacial score (nSPS) is 19.6. The van der Waals surface area contributed by atoms with Crippen molar-refractivity contribution in [2.75, 3.05) is 13.7 Å². The summed E-state index contributed by atoms with van der Waals surface area (Å²) in [6.07, 6.45) is 5.50. The fourth-order valence-corrected chi connectivity index (χ4v) is 3.02. The zero-order valence-corrected chi connectivity index (χ0v) is 11.9. The third-order valence-corrected chi connectivity index (χ3v) is 4.05. The Balaban J connectivity index is 1.96. The standard InChI is InChI=1S/C13H16BrN3O/c1-18-10-4-6-17-11(8-10)13(14)16-12(17)7-9-3-2-5-15-9/h4,6,8-9,15H,2-3,5,7H2,1H3. The molecular formula is C13H16BrN3O. The first-order chi connectivity index (χ1) is 8.78. The summed E-state index contributed by atoms with van der Waals surface area (Å²) in [5.74, 6) is 1.95. The summed E-state index contributed by atoms with van der Waals surface area (Å²) in [7, 11) is 1.68. The molecule has 0 radical (unpaired) electrons. The van der Waals surface area contributed by atoms with Crippen LogP contribution in [-0.4, -0.2) is 29.1 Å². The Hall–Kier alpha value is -1.07. The maximum atomic E-state index is 5.25. The molecule has 4 nitrogen and oxygen atoms in total. The Morgan fingerprint density at radius 2 is 2.50 bits per heavy atom. The highest BCUT2D eigenvalue weighted by atomic mass is 79.9. The third kappa shape index (κ3) is 2.12. The Kier molecular flexibility index (Phi) is 3.26. The molecule has 5 heteroatoms. The van der Waals surface area contributed by atoms with Crippen LogP contribution in [0.4, 0.5) is 0 Å². The van der Waals surface area contributed by atoms with E-state index in [2.05, 4.69) is 30.6 Å². The molecule has 0 aliphatic carbocycles. The van der Waals surface area contributed by atoms with E-state index in [-0.39, 0.29) is 0 Å². The number of aromatic nitrogens is 2. The molecule has 1 saturated heterocycles. The molecule has 3 heterocycles. The number of nitrogens with one attached hydrogen (secondary N) is 1. The molecule has 18 heavy (non-hydrogen) atoms. The highest BCUT2D eigenvalue weighted by Gasteiger charge is 2.18. The van der Waals surface area contributed by atoms with E-state index in [1.165, 1.54) is 12.8 Å². The lowest BCUT2D eigenvalue weighted by Gasteiger charge is -2.09. The van der Waals surface area contributed by atoms with Gasteiger partial charge in [0.2, 0.25) is 0 Å². The minimum atomic E-state index is 0.560. The van der Waals surface area contributed by atoms with E-state index in [0.29, 0.717) is 6.04 Å². The van der Waals surface area contributed by atoms with E-state index in [1.54, 1.807) is 7.11 Å². The second kappa shape index (κ2) is 4.90. The Morgan fingerprint density at radius 1 is 1.61 bits per heavy atom. The van der Waals surface area contributed by atoms with Crippen LogP contribution in [0.15, 0.2) is 22.9 Å². The van der Waals surface area contributed by atoms with Crippen LogP contribution in [-0.2, 0) is 6.42 Å². The lowest BCUT2D eigenvalue weighted by Crippen LogP contribution is -2.24. The maximum Gasteiger partial charge on any atom is 0.132 e. The summed E-state index contributed by atoms with van der Waals surface area (Å²) in [5, 5.41) is 3.51. The van der Waals surface area contributed by atoms with Crippen molar-refractivity contribution in [1.29, 1.82) is 0 Å². The van der Waals surface area contributed by atoms with Gasteiger partial charge in [0, 0.05) is 24.7 Å². The molecule has 0 aromatic carbocycles. The zero-order chi connectivity index (χ0) is 12.5. The molecule has 2 aromatic heterocycles. The molecule has 1 atom stereocenters. The molecule has 1 fully saturated rings. The van der Waals surface area contributed by atoms with Gasteiger partial charge in [0.15, 0.2) is 0 Å². The van der Waals surface area contributed by atoms with Crippen molar-refractivity contribution in [2.24, 2.45) is 0 Å². The lowest BCUT2D eigenvalue weighted by molar-refractivity contribution is 0.414. The SMILES string of the molecule is COc1ccn2c(CC3CCCN3)nc(Br)c2c1. The molecule has 0 spiro atoms. The number of rotatable bonds is 3. The number of hydrogen-bond donors (Lipinski definition) is 1. The topological polar surface area (TPSA) is 38.6 Å². The number of fused-ring (bicyclic) bond motifs is 1. The number of pyridine rings is 1. The molecule has 0 saturated carbocycles. The molecule has 0 amide bonds. The summed E-state index contributed by atoms with van der Waals surface area (Å²) in [4.78, 5) is 4.61. The lowest BCUT2D eigenvalue weighted by atomic mass is 10.1. The van der Waals surface area contributed by atoms with Crippen molar-refractivity contribution < 1.29 is 4.74 Å². The largest absolute Gasteiger partial charge is 0.497 e. The molecule has 2 aromatic rings. The van der Waals surface area contributed by atoms with Gasteiger partial charge in [0.05, 0.1) is 12.6 Å². The highest BCUT2D eigenvalue weighted by molar-refractivity contribution is 9.10. The fraction of sp³-hybridized carbons (Fsp3) is 0.462. The Labute approximate surface area is 114 Å². The maximum absolute atomic E-state index is 5.25. The molecule has 1 aliphatic rings. The second-order valence-electron chi connectivity index (χ2n) is 4.64. The number of hydrogen-bond acceptors (Lipinski definition) is 3. The number of nitrogens with zero attached hydrogens (tertiary/aromatic N) is 2. The van der Waals surface area contributed by atoms with Gasteiger partial charge in [0.1, 0.15) is 16.2 Å². The molecule has 1 N–H and O–H groups in total. The highest BCUT2D eigenvalue weighted by Crippen LogP contribution is 2.24.